The molecule has 0 aliphatic heterocycles. The van der Waals surface area contributed by atoms with Crippen molar-refractivity contribution >= 4 is 17.7 Å². The van der Waals surface area contributed by atoms with E-state index in [1.165, 1.54) is 0 Å². The van der Waals surface area contributed by atoms with E-state index in [4.69, 9.17) is 16.3 Å². The second-order valence-corrected chi connectivity index (χ2v) is 7.44. The summed E-state index contributed by atoms with van der Waals surface area (Å²) in [4.78, 5) is 15.7. The number of rotatable bonds is 3. The summed E-state index contributed by atoms with van der Waals surface area (Å²) in [6, 6.07) is 16.7. The van der Waals surface area contributed by atoms with Gasteiger partial charge >= 0.3 is 12.3 Å². The number of amides is 1. The highest BCUT2D eigenvalue weighted by Gasteiger charge is 2.31. The van der Waals surface area contributed by atoms with Gasteiger partial charge in [0.1, 0.15) is 12.3 Å². The zero-order chi connectivity index (χ0) is 22.7. The van der Waals surface area contributed by atoms with E-state index in [9.17, 15) is 18.0 Å². The Morgan fingerprint density at radius 2 is 1.72 bits per heavy atom. The highest BCUT2D eigenvalue weighted by atomic mass is 35.5. The molecule has 1 heterocycles. The number of aromatic nitrogens is 1. The molecule has 0 saturated carbocycles. The molecule has 32 heavy (non-hydrogen) atoms. The van der Waals surface area contributed by atoms with Gasteiger partial charge in [0.25, 0.3) is 0 Å². The van der Waals surface area contributed by atoms with Crippen LogP contribution in [0.4, 0.5) is 18.0 Å². The van der Waals surface area contributed by atoms with Crippen molar-refractivity contribution in [3.05, 3.63) is 88.2 Å². The molecule has 3 aromatic rings. The highest BCUT2D eigenvalue weighted by Crippen LogP contribution is 2.44. The lowest BCUT2D eigenvalue weighted by Gasteiger charge is -2.14. The molecule has 0 fully saturated rings. The summed E-state index contributed by atoms with van der Waals surface area (Å²) in [5.74, 6) is 5.08. The van der Waals surface area contributed by atoms with Gasteiger partial charge in [-0.05, 0) is 34.2 Å². The number of carbonyl (C=O) groups excluding carboxylic acids is 1. The Morgan fingerprint density at radius 3 is 2.31 bits per heavy atom. The van der Waals surface area contributed by atoms with Gasteiger partial charge in [0.2, 0.25) is 0 Å². The number of alkyl carbamates (subject to hydrolysis) is 1. The molecule has 162 valence electrons. The highest BCUT2D eigenvalue weighted by molar-refractivity contribution is 6.31. The third-order valence-corrected chi connectivity index (χ3v) is 5.33. The van der Waals surface area contributed by atoms with E-state index < -0.39 is 17.8 Å². The summed E-state index contributed by atoms with van der Waals surface area (Å²) < 4.78 is 43.3. The summed E-state index contributed by atoms with van der Waals surface area (Å²) in [6.45, 7) is 0.0925. The molecule has 8 heteroatoms. The SMILES string of the molecule is O=C(NCC#Cc1ncc(C(F)(F)F)cc1Cl)OCC1c2ccccc2-c2ccccc21. The second kappa shape index (κ2) is 8.93. The molecule has 1 aliphatic rings. The Hall–Kier alpha value is -3.50. The molecule has 4 rings (SSSR count). The fourth-order valence-corrected chi connectivity index (χ4v) is 3.79. The van der Waals surface area contributed by atoms with E-state index in [1.54, 1.807) is 0 Å². The Balaban J connectivity index is 1.34. The predicted molar refractivity (Wildman–Crippen MR) is 114 cm³/mol. The third kappa shape index (κ3) is 4.56. The Kier molecular flexibility index (Phi) is 6.06. The Morgan fingerprint density at radius 1 is 1.09 bits per heavy atom. The normalized spacial score (nSPS) is 12.4. The summed E-state index contributed by atoms with van der Waals surface area (Å²) >= 11 is 5.80. The molecule has 0 spiro atoms. The molecule has 1 N–H and O–H groups in total. The molecule has 0 radical (unpaired) electrons. The molecule has 0 unspecified atom stereocenters. The molecule has 1 aromatic heterocycles. The van der Waals surface area contributed by atoms with Gasteiger partial charge < -0.3 is 10.1 Å². The number of halogens is 4. The number of pyridine rings is 1. The van der Waals surface area contributed by atoms with Crippen LogP contribution in [0.5, 0.6) is 0 Å². The lowest BCUT2D eigenvalue weighted by atomic mass is 9.98. The van der Waals surface area contributed by atoms with E-state index in [1.807, 2.05) is 48.5 Å². The molecule has 0 atom stereocenters. The van der Waals surface area contributed by atoms with Crippen molar-refractivity contribution in [2.75, 3.05) is 13.2 Å². The summed E-state index contributed by atoms with van der Waals surface area (Å²) in [7, 11) is 0. The first-order chi connectivity index (χ1) is 15.3. The molecule has 1 aliphatic carbocycles. The topological polar surface area (TPSA) is 51.2 Å². The second-order valence-electron chi connectivity index (χ2n) is 7.03. The quantitative estimate of drug-likeness (QED) is 0.519. The molecule has 0 bridgehead atoms. The number of alkyl halides is 3. The standard InChI is InChI=1S/C24H16ClF3N2O2/c25-21-12-15(24(26,27)28)13-30-22(21)10-5-11-29-23(31)32-14-20-18-8-3-1-6-16(18)17-7-2-4-9-19(17)20/h1-4,6-9,12-13,20H,11,14H2,(H,29,31). The van der Waals surface area contributed by atoms with Crippen molar-refractivity contribution in [2.45, 2.75) is 12.1 Å². The zero-order valence-corrected chi connectivity index (χ0v) is 17.3. The lowest BCUT2D eigenvalue weighted by Crippen LogP contribution is -2.26. The van der Waals surface area contributed by atoms with Crippen LogP contribution in [0.25, 0.3) is 11.1 Å². The Bertz CT molecular complexity index is 1190. The molecular weight excluding hydrogens is 441 g/mol. The van der Waals surface area contributed by atoms with Gasteiger partial charge in [0, 0.05) is 12.1 Å². The van der Waals surface area contributed by atoms with Gasteiger partial charge in [0.05, 0.1) is 17.1 Å². The van der Waals surface area contributed by atoms with Crippen molar-refractivity contribution in [3.63, 3.8) is 0 Å². The minimum atomic E-state index is -4.53. The van der Waals surface area contributed by atoms with Crippen molar-refractivity contribution < 1.29 is 22.7 Å². The van der Waals surface area contributed by atoms with Crippen LogP contribution < -0.4 is 5.32 Å². The number of benzene rings is 2. The average Bonchev–Trinajstić information content (AvgIpc) is 3.09. The van der Waals surface area contributed by atoms with Crippen LogP contribution >= 0.6 is 11.6 Å². The molecule has 1 amide bonds. The smallest absolute Gasteiger partial charge is 0.417 e. The first-order valence-corrected chi connectivity index (χ1v) is 10.0. The number of carbonyl (C=O) groups is 1. The average molecular weight is 457 g/mol. The minimum Gasteiger partial charge on any atom is -0.449 e. The fraction of sp³-hybridized carbons (Fsp3) is 0.167. The number of hydrogen-bond donors (Lipinski definition) is 1. The van der Waals surface area contributed by atoms with Gasteiger partial charge in [-0.1, -0.05) is 66.1 Å². The van der Waals surface area contributed by atoms with E-state index in [0.717, 1.165) is 28.3 Å². The summed E-state index contributed by atoms with van der Waals surface area (Å²) in [5, 5.41) is 2.28. The molecule has 2 aromatic carbocycles. The maximum absolute atomic E-state index is 12.6. The van der Waals surface area contributed by atoms with Gasteiger partial charge in [-0.2, -0.15) is 13.2 Å². The fourth-order valence-electron chi connectivity index (χ4n) is 3.58. The van der Waals surface area contributed by atoms with Gasteiger partial charge in [0.15, 0.2) is 0 Å². The van der Waals surface area contributed by atoms with E-state index >= 15 is 0 Å². The van der Waals surface area contributed by atoms with Gasteiger partial charge in [-0.25, -0.2) is 9.78 Å². The minimum absolute atomic E-state index is 0.00555. The van der Waals surface area contributed by atoms with Crippen LogP contribution in [0.1, 0.15) is 28.3 Å². The summed E-state index contributed by atoms with van der Waals surface area (Å²) in [6.07, 6.45) is -4.52. The van der Waals surface area contributed by atoms with Crippen molar-refractivity contribution in [3.8, 4) is 23.0 Å². The van der Waals surface area contributed by atoms with Crippen molar-refractivity contribution in [2.24, 2.45) is 0 Å². The largest absolute Gasteiger partial charge is 0.449 e. The van der Waals surface area contributed by atoms with Crippen LogP contribution in [0, 0.1) is 11.8 Å². The monoisotopic (exact) mass is 456 g/mol. The van der Waals surface area contributed by atoms with Crippen LogP contribution in [0.2, 0.25) is 5.02 Å². The maximum Gasteiger partial charge on any atom is 0.417 e. The predicted octanol–water partition coefficient (Wildman–Crippen LogP) is 5.64. The summed E-state index contributed by atoms with van der Waals surface area (Å²) in [5.41, 5.74) is 3.50. The first kappa shape index (κ1) is 21.7. The van der Waals surface area contributed by atoms with Crippen LogP contribution in [-0.2, 0) is 10.9 Å². The number of fused-ring (bicyclic) bond motifs is 3. The van der Waals surface area contributed by atoms with Crippen LogP contribution in [0.15, 0.2) is 60.8 Å². The molecule has 4 nitrogen and oxygen atoms in total. The first-order valence-electron chi connectivity index (χ1n) is 9.65. The van der Waals surface area contributed by atoms with E-state index in [2.05, 4.69) is 22.1 Å². The third-order valence-electron chi connectivity index (χ3n) is 5.04. The Labute approximate surface area is 187 Å². The van der Waals surface area contributed by atoms with Crippen LogP contribution in [-0.4, -0.2) is 24.2 Å². The van der Waals surface area contributed by atoms with Crippen molar-refractivity contribution in [1.82, 2.24) is 10.3 Å². The number of nitrogens with zero attached hydrogens (tertiary/aromatic N) is 1. The van der Waals surface area contributed by atoms with Crippen LogP contribution in [0.3, 0.4) is 0 Å². The zero-order valence-electron chi connectivity index (χ0n) is 16.5. The van der Waals surface area contributed by atoms with E-state index in [-0.39, 0.29) is 29.8 Å². The van der Waals surface area contributed by atoms with Gasteiger partial charge in [-0.3, -0.25) is 0 Å². The number of hydrogen-bond acceptors (Lipinski definition) is 3. The molecular formula is C24H16ClF3N2O2. The van der Waals surface area contributed by atoms with Crippen molar-refractivity contribution in [1.29, 1.82) is 0 Å². The lowest BCUT2D eigenvalue weighted by molar-refractivity contribution is -0.137. The number of ether oxygens (including phenoxy) is 1. The van der Waals surface area contributed by atoms with E-state index in [0.29, 0.717) is 6.20 Å². The number of nitrogens with one attached hydrogen (secondary N) is 1. The maximum atomic E-state index is 12.6. The molecule has 0 saturated heterocycles. The van der Waals surface area contributed by atoms with Gasteiger partial charge in [-0.15, -0.1) is 0 Å².